The van der Waals surface area contributed by atoms with Crippen molar-refractivity contribution in [3.8, 4) is 5.75 Å². The van der Waals surface area contributed by atoms with Crippen molar-refractivity contribution in [1.82, 2.24) is 5.32 Å². The lowest BCUT2D eigenvalue weighted by atomic mass is 9.99. The predicted molar refractivity (Wildman–Crippen MR) is 191 cm³/mol. The second kappa shape index (κ2) is 16.1. The Hall–Kier alpha value is -5.03. The average molecular weight is 683 g/mol. The smallest absolute Gasteiger partial charge is 0.260 e. The number of amides is 3. The van der Waals surface area contributed by atoms with Crippen molar-refractivity contribution >= 4 is 46.4 Å². The molecule has 3 aromatic carbocycles. The molecule has 3 atom stereocenters. The molecule has 0 saturated carbocycles. The molecule has 11 nitrogen and oxygen atoms in total. The average Bonchev–Trinajstić information content (AvgIpc) is 3.40. The van der Waals surface area contributed by atoms with Crippen molar-refractivity contribution in [2.75, 3.05) is 22.1 Å². The normalized spacial score (nSPS) is 15.8. The van der Waals surface area contributed by atoms with Crippen molar-refractivity contribution < 1.29 is 33.8 Å². The number of aryl methyl sites for hydroxylation is 1. The molecule has 2 heterocycles. The van der Waals surface area contributed by atoms with Gasteiger partial charge >= 0.3 is 0 Å². The van der Waals surface area contributed by atoms with Crippen LogP contribution in [-0.4, -0.2) is 53.0 Å². The number of Topliss-reactive ketones (excluding diaryl/α,β-unsaturated/α-hetero) is 2. The number of carbonyl (C=O) groups is 5. The quantitative estimate of drug-likeness (QED) is 0.159. The number of para-hydroxylation sites is 1. The molecule has 2 aliphatic heterocycles. The SMILES string of the molecule is CC(=O)CCCCC(=O)NC(C)C(=O)CC(C)C(=O)Nc1cc(CO)cc(COc2cc3c(cc2C)C(=O)N2c4ccccc4C[C@H]2CN3)c1. The van der Waals surface area contributed by atoms with E-state index in [0.29, 0.717) is 59.6 Å². The molecule has 0 fully saturated rings. The molecule has 5 rings (SSSR count). The number of anilines is 3. The fourth-order valence-electron chi connectivity index (χ4n) is 6.48. The van der Waals surface area contributed by atoms with E-state index in [0.717, 1.165) is 17.7 Å². The number of rotatable bonds is 15. The summed E-state index contributed by atoms with van der Waals surface area (Å²) in [5, 5.41) is 18.9. The van der Waals surface area contributed by atoms with Crippen molar-refractivity contribution in [2.45, 2.75) is 91.5 Å². The number of hydrogen-bond donors (Lipinski definition) is 4. The van der Waals surface area contributed by atoms with E-state index in [1.165, 1.54) is 12.5 Å². The molecule has 3 aromatic rings. The van der Waals surface area contributed by atoms with Crippen LogP contribution in [0.1, 0.15) is 85.5 Å². The number of nitrogens with zero attached hydrogens (tertiary/aromatic N) is 1. The lowest BCUT2D eigenvalue weighted by Gasteiger charge is -2.22. The van der Waals surface area contributed by atoms with Crippen LogP contribution in [0.2, 0.25) is 0 Å². The fraction of sp³-hybridized carbons (Fsp3) is 0.410. The maximum atomic E-state index is 13.7. The first-order valence-electron chi connectivity index (χ1n) is 17.2. The number of ether oxygens (including phenoxy) is 1. The Morgan fingerprint density at radius 1 is 1.02 bits per heavy atom. The van der Waals surface area contributed by atoms with Gasteiger partial charge in [0.15, 0.2) is 5.78 Å². The summed E-state index contributed by atoms with van der Waals surface area (Å²) >= 11 is 0. The van der Waals surface area contributed by atoms with Crippen LogP contribution in [0.4, 0.5) is 17.1 Å². The summed E-state index contributed by atoms with van der Waals surface area (Å²) in [6.07, 6.45) is 2.57. The topological polar surface area (TPSA) is 154 Å². The molecule has 2 aliphatic rings. The Morgan fingerprint density at radius 3 is 2.52 bits per heavy atom. The van der Waals surface area contributed by atoms with Gasteiger partial charge in [0, 0.05) is 49.2 Å². The Bertz CT molecular complexity index is 1790. The minimum absolute atomic E-state index is 0.0249. The van der Waals surface area contributed by atoms with E-state index >= 15 is 0 Å². The zero-order chi connectivity index (χ0) is 35.9. The maximum absolute atomic E-state index is 13.7. The van der Waals surface area contributed by atoms with Crippen LogP contribution in [0.25, 0.3) is 0 Å². The number of carbonyl (C=O) groups excluding carboxylic acids is 5. The van der Waals surface area contributed by atoms with Gasteiger partial charge in [-0.25, -0.2) is 0 Å². The van der Waals surface area contributed by atoms with Gasteiger partial charge in [-0.05, 0) is 92.6 Å². The number of benzene rings is 3. The third-order valence-electron chi connectivity index (χ3n) is 9.26. The fourth-order valence-corrected chi connectivity index (χ4v) is 6.48. The zero-order valence-electron chi connectivity index (χ0n) is 29.1. The van der Waals surface area contributed by atoms with Gasteiger partial charge in [0.05, 0.1) is 29.9 Å². The van der Waals surface area contributed by atoms with Gasteiger partial charge in [-0.15, -0.1) is 0 Å². The monoisotopic (exact) mass is 682 g/mol. The number of aliphatic hydroxyl groups excluding tert-OH is 1. The first-order chi connectivity index (χ1) is 23.9. The van der Waals surface area contributed by atoms with E-state index in [2.05, 4.69) is 22.0 Å². The van der Waals surface area contributed by atoms with Gasteiger partial charge in [-0.3, -0.25) is 19.2 Å². The standard InChI is InChI=1S/C39H46N4O7/c1-23-13-32-33(40-20-31-18-29-10-6-7-11-34(29)43(31)39(32)49)19-36(23)50-22-28-15-27(21-44)16-30(17-28)42-38(48)24(2)14-35(46)26(4)41-37(47)12-8-5-9-25(3)45/h6-7,10-11,13,15-17,19,24,26,31,40,44H,5,8-9,12,14,18,20-22H2,1-4H3,(H,41,47)(H,42,48)/t24?,26?,31-/m0/s1. The second-order valence-corrected chi connectivity index (χ2v) is 13.5. The molecule has 11 heteroatoms. The highest BCUT2D eigenvalue weighted by Crippen LogP contribution is 2.38. The Morgan fingerprint density at radius 2 is 1.76 bits per heavy atom. The van der Waals surface area contributed by atoms with Crippen LogP contribution in [0.15, 0.2) is 54.6 Å². The lowest BCUT2D eigenvalue weighted by Crippen LogP contribution is -2.39. The van der Waals surface area contributed by atoms with Crippen molar-refractivity contribution in [2.24, 2.45) is 5.92 Å². The van der Waals surface area contributed by atoms with Gasteiger partial charge in [-0.1, -0.05) is 25.1 Å². The molecule has 264 valence electrons. The van der Waals surface area contributed by atoms with E-state index in [9.17, 15) is 29.1 Å². The summed E-state index contributed by atoms with van der Waals surface area (Å²) in [7, 11) is 0. The van der Waals surface area contributed by atoms with Gasteiger partial charge in [0.2, 0.25) is 11.8 Å². The Labute approximate surface area is 292 Å². The Balaban J connectivity index is 1.18. The molecule has 2 unspecified atom stereocenters. The van der Waals surface area contributed by atoms with Crippen LogP contribution in [-0.2, 0) is 38.8 Å². The zero-order valence-corrected chi connectivity index (χ0v) is 29.1. The summed E-state index contributed by atoms with van der Waals surface area (Å²) in [6, 6.07) is 16.2. The van der Waals surface area contributed by atoms with E-state index < -0.39 is 12.0 Å². The number of nitrogens with one attached hydrogen (secondary N) is 3. The molecule has 3 amide bonds. The van der Waals surface area contributed by atoms with Crippen LogP contribution in [0, 0.1) is 12.8 Å². The van der Waals surface area contributed by atoms with Crippen molar-refractivity contribution in [3.63, 3.8) is 0 Å². The Kier molecular flexibility index (Phi) is 11.7. The van der Waals surface area contributed by atoms with Crippen molar-refractivity contribution in [1.29, 1.82) is 0 Å². The second-order valence-electron chi connectivity index (χ2n) is 13.5. The largest absolute Gasteiger partial charge is 0.489 e. The van der Waals surface area contributed by atoms with Crippen LogP contribution < -0.4 is 25.6 Å². The maximum Gasteiger partial charge on any atom is 0.260 e. The van der Waals surface area contributed by atoms with Gasteiger partial charge in [-0.2, -0.15) is 0 Å². The number of ketones is 2. The molecule has 0 spiro atoms. The number of aliphatic hydroxyl groups is 1. The number of hydrogen-bond acceptors (Lipinski definition) is 8. The van der Waals surface area contributed by atoms with Crippen molar-refractivity contribution in [3.05, 3.63) is 82.4 Å². The third-order valence-corrected chi connectivity index (χ3v) is 9.26. The summed E-state index contributed by atoms with van der Waals surface area (Å²) in [4.78, 5) is 64.7. The van der Waals surface area contributed by atoms with Crippen LogP contribution >= 0.6 is 0 Å². The first-order valence-corrected chi connectivity index (χ1v) is 17.2. The van der Waals surface area contributed by atoms with Crippen LogP contribution in [0.3, 0.4) is 0 Å². The molecule has 0 aromatic heterocycles. The summed E-state index contributed by atoms with van der Waals surface area (Å²) in [5.41, 5.74) is 5.97. The lowest BCUT2D eigenvalue weighted by molar-refractivity contribution is -0.129. The van der Waals surface area contributed by atoms with E-state index in [4.69, 9.17) is 4.74 Å². The summed E-state index contributed by atoms with van der Waals surface area (Å²) in [6.45, 7) is 7.15. The highest BCUT2D eigenvalue weighted by molar-refractivity contribution is 6.12. The number of unbranched alkanes of at least 4 members (excludes halogenated alkanes) is 1. The highest BCUT2D eigenvalue weighted by atomic mass is 16.5. The minimum Gasteiger partial charge on any atom is -0.489 e. The molecule has 0 radical (unpaired) electrons. The summed E-state index contributed by atoms with van der Waals surface area (Å²) in [5.74, 6) is -0.927. The van der Waals surface area contributed by atoms with Gasteiger partial charge in [0.1, 0.15) is 18.1 Å². The molecular formula is C39H46N4O7. The first kappa shape index (κ1) is 36.3. The molecular weight excluding hydrogens is 636 g/mol. The summed E-state index contributed by atoms with van der Waals surface area (Å²) < 4.78 is 6.22. The third kappa shape index (κ3) is 8.76. The highest BCUT2D eigenvalue weighted by Gasteiger charge is 2.37. The van der Waals surface area contributed by atoms with Crippen LogP contribution in [0.5, 0.6) is 5.75 Å². The molecule has 0 aliphatic carbocycles. The minimum atomic E-state index is -0.745. The molecule has 0 saturated heterocycles. The van der Waals surface area contributed by atoms with Gasteiger partial charge in [0.25, 0.3) is 5.91 Å². The number of fused-ring (bicyclic) bond motifs is 4. The van der Waals surface area contributed by atoms with E-state index in [1.807, 2.05) is 42.2 Å². The van der Waals surface area contributed by atoms with E-state index in [1.54, 1.807) is 32.0 Å². The van der Waals surface area contributed by atoms with Gasteiger partial charge < -0.3 is 35.5 Å². The molecule has 50 heavy (non-hydrogen) atoms. The van der Waals surface area contributed by atoms with E-state index in [-0.39, 0.29) is 61.4 Å². The molecule has 4 N–H and O–H groups in total. The molecule has 0 bridgehead atoms. The predicted octanol–water partition coefficient (Wildman–Crippen LogP) is 5.25.